The van der Waals surface area contributed by atoms with Crippen LogP contribution in [0.5, 0.6) is 0 Å². The molecule has 1 aromatic carbocycles. The van der Waals surface area contributed by atoms with Gasteiger partial charge in [-0.1, -0.05) is 0 Å². The number of halogens is 3. The molecule has 0 unspecified atom stereocenters. The van der Waals surface area contributed by atoms with Crippen molar-refractivity contribution in [3.63, 3.8) is 0 Å². The van der Waals surface area contributed by atoms with Crippen LogP contribution < -0.4 is 16.0 Å². The molecule has 0 fully saturated rings. The lowest BCUT2D eigenvalue weighted by atomic mass is 10.2. The maximum Gasteiger partial charge on any atom is 0.416 e. The second kappa shape index (κ2) is 7.53. The molecule has 0 aliphatic carbocycles. The second-order valence-corrected chi connectivity index (χ2v) is 4.74. The number of imide groups is 1. The van der Waals surface area contributed by atoms with Gasteiger partial charge in [0.25, 0.3) is 0 Å². The van der Waals surface area contributed by atoms with Crippen LogP contribution in [0.2, 0.25) is 0 Å². The molecule has 0 radical (unpaired) electrons. The van der Waals surface area contributed by atoms with Gasteiger partial charge < -0.3 is 15.1 Å². The monoisotopic (exact) mass is 341 g/mol. The summed E-state index contributed by atoms with van der Waals surface area (Å²) in [6.45, 7) is -0.141. The molecule has 3 amide bonds. The van der Waals surface area contributed by atoms with Crippen molar-refractivity contribution < 1.29 is 27.2 Å². The average Bonchev–Trinajstić information content (AvgIpc) is 3.04. The Balaban J connectivity index is 1.73. The largest absolute Gasteiger partial charge is 0.467 e. The number of furan rings is 1. The van der Waals surface area contributed by atoms with Gasteiger partial charge in [0.05, 0.1) is 24.9 Å². The van der Waals surface area contributed by atoms with Crippen molar-refractivity contribution in [2.24, 2.45) is 0 Å². The number of carbonyl (C=O) groups excluding carboxylic acids is 2. The normalized spacial score (nSPS) is 11.0. The van der Waals surface area contributed by atoms with Crippen LogP contribution in [0.1, 0.15) is 11.3 Å². The highest BCUT2D eigenvalue weighted by Crippen LogP contribution is 2.29. The topological polar surface area (TPSA) is 83.4 Å². The van der Waals surface area contributed by atoms with Crippen molar-refractivity contribution in [3.05, 3.63) is 54.0 Å². The van der Waals surface area contributed by atoms with E-state index in [9.17, 15) is 22.8 Å². The Kier molecular flexibility index (Phi) is 5.46. The van der Waals surface area contributed by atoms with Gasteiger partial charge in [-0.3, -0.25) is 10.1 Å². The Morgan fingerprint density at radius 3 is 2.38 bits per heavy atom. The molecular formula is C15H14F3N3O3. The molecule has 128 valence electrons. The molecule has 2 rings (SSSR count). The van der Waals surface area contributed by atoms with E-state index in [1.807, 2.05) is 0 Å². The van der Waals surface area contributed by atoms with Crippen LogP contribution in [-0.2, 0) is 17.5 Å². The highest BCUT2D eigenvalue weighted by atomic mass is 19.4. The van der Waals surface area contributed by atoms with Crippen LogP contribution in [0.15, 0.2) is 47.1 Å². The minimum absolute atomic E-state index is 0.123. The summed E-state index contributed by atoms with van der Waals surface area (Å²) in [5.41, 5.74) is -0.455. The lowest BCUT2D eigenvalue weighted by molar-refractivity contribution is -0.137. The van der Waals surface area contributed by atoms with Gasteiger partial charge >= 0.3 is 12.2 Å². The minimum atomic E-state index is -4.41. The Morgan fingerprint density at radius 2 is 1.79 bits per heavy atom. The molecule has 1 aromatic heterocycles. The molecule has 24 heavy (non-hydrogen) atoms. The third-order valence-electron chi connectivity index (χ3n) is 2.92. The summed E-state index contributed by atoms with van der Waals surface area (Å²) in [6.07, 6.45) is -2.96. The molecular weight excluding hydrogens is 327 g/mol. The SMILES string of the molecule is O=C(CNc1ccc(C(F)(F)F)cc1)NC(=O)NCc1ccco1. The van der Waals surface area contributed by atoms with Gasteiger partial charge in [0.2, 0.25) is 5.91 Å². The second-order valence-electron chi connectivity index (χ2n) is 4.74. The van der Waals surface area contributed by atoms with Crippen molar-refractivity contribution in [2.75, 3.05) is 11.9 Å². The summed E-state index contributed by atoms with van der Waals surface area (Å²) in [7, 11) is 0. The Hall–Kier alpha value is -2.97. The third-order valence-corrected chi connectivity index (χ3v) is 2.92. The smallest absolute Gasteiger partial charge is 0.416 e. The molecule has 0 bridgehead atoms. The van der Waals surface area contributed by atoms with Crippen LogP contribution in [0, 0.1) is 0 Å². The van der Waals surface area contributed by atoms with Gasteiger partial charge in [0, 0.05) is 5.69 Å². The zero-order valence-corrected chi connectivity index (χ0v) is 12.3. The summed E-state index contributed by atoms with van der Waals surface area (Å²) in [5.74, 6) is -0.104. The van der Waals surface area contributed by atoms with E-state index in [-0.39, 0.29) is 13.1 Å². The van der Waals surface area contributed by atoms with E-state index in [4.69, 9.17) is 4.42 Å². The number of anilines is 1. The third kappa shape index (κ3) is 5.34. The summed E-state index contributed by atoms with van der Waals surface area (Å²) >= 11 is 0. The molecule has 3 N–H and O–H groups in total. The average molecular weight is 341 g/mol. The van der Waals surface area contributed by atoms with Gasteiger partial charge in [-0.2, -0.15) is 13.2 Å². The van der Waals surface area contributed by atoms with E-state index in [0.717, 1.165) is 12.1 Å². The number of rotatable bonds is 5. The quantitative estimate of drug-likeness (QED) is 0.781. The van der Waals surface area contributed by atoms with Gasteiger partial charge in [-0.15, -0.1) is 0 Å². The van der Waals surface area contributed by atoms with E-state index >= 15 is 0 Å². The number of hydrogen-bond acceptors (Lipinski definition) is 4. The first-order chi connectivity index (χ1) is 11.3. The fraction of sp³-hybridized carbons (Fsp3) is 0.200. The Morgan fingerprint density at radius 1 is 1.08 bits per heavy atom. The van der Waals surface area contributed by atoms with Gasteiger partial charge in [-0.05, 0) is 36.4 Å². The maximum absolute atomic E-state index is 12.4. The van der Waals surface area contributed by atoms with Crippen LogP contribution in [0.4, 0.5) is 23.7 Å². The standard InChI is InChI=1S/C15H14F3N3O3/c16-15(17,18)10-3-5-11(6-4-10)19-9-13(22)21-14(23)20-8-12-2-1-7-24-12/h1-7,19H,8-9H2,(H2,20,21,22,23). The van der Waals surface area contributed by atoms with Crippen LogP contribution in [0.25, 0.3) is 0 Å². The minimum Gasteiger partial charge on any atom is -0.467 e. The van der Waals surface area contributed by atoms with Crippen LogP contribution in [-0.4, -0.2) is 18.5 Å². The number of hydrogen-bond donors (Lipinski definition) is 3. The zero-order chi connectivity index (χ0) is 17.6. The lowest BCUT2D eigenvalue weighted by Gasteiger charge is -2.10. The molecule has 0 aliphatic heterocycles. The predicted molar refractivity (Wildman–Crippen MR) is 79.0 cm³/mol. The van der Waals surface area contributed by atoms with Crippen molar-refractivity contribution in [1.29, 1.82) is 0 Å². The van der Waals surface area contributed by atoms with Gasteiger partial charge in [0.1, 0.15) is 5.76 Å². The van der Waals surface area contributed by atoms with Crippen LogP contribution in [0.3, 0.4) is 0 Å². The molecule has 6 nitrogen and oxygen atoms in total. The molecule has 0 atom stereocenters. The summed E-state index contributed by atoms with van der Waals surface area (Å²) in [6, 6.07) is 6.82. The molecule has 0 spiro atoms. The van der Waals surface area contributed by atoms with Crippen LogP contribution >= 0.6 is 0 Å². The van der Waals surface area contributed by atoms with E-state index in [2.05, 4.69) is 16.0 Å². The number of amides is 3. The highest BCUT2D eigenvalue weighted by molar-refractivity contribution is 5.96. The Labute approximate surface area is 135 Å². The van der Waals surface area contributed by atoms with Crippen molar-refractivity contribution >= 4 is 17.6 Å². The lowest BCUT2D eigenvalue weighted by Crippen LogP contribution is -2.41. The molecule has 2 aromatic rings. The number of alkyl halides is 3. The van der Waals surface area contributed by atoms with E-state index < -0.39 is 23.7 Å². The predicted octanol–water partition coefficient (Wildman–Crippen LogP) is 2.74. The van der Waals surface area contributed by atoms with Gasteiger partial charge in [0.15, 0.2) is 0 Å². The first kappa shape index (κ1) is 17.4. The highest BCUT2D eigenvalue weighted by Gasteiger charge is 2.29. The van der Waals surface area contributed by atoms with Crippen molar-refractivity contribution in [1.82, 2.24) is 10.6 Å². The van der Waals surface area contributed by atoms with Crippen molar-refractivity contribution in [3.8, 4) is 0 Å². The molecule has 0 aliphatic rings. The maximum atomic E-state index is 12.4. The zero-order valence-electron chi connectivity index (χ0n) is 12.3. The Bertz CT molecular complexity index is 682. The van der Waals surface area contributed by atoms with E-state index in [0.29, 0.717) is 11.4 Å². The number of benzene rings is 1. The summed E-state index contributed by atoms with van der Waals surface area (Å²) in [5, 5.41) is 7.12. The first-order valence-electron chi connectivity index (χ1n) is 6.86. The van der Waals surface area contributed by atoms with E-state index in [1.54, 1.807) is 12.1 Å². The molecule has 0 saturated carbocycles. The number of nitrogens with one attached hydrogen (secondary N) is 3. The fourth-order valence-corrected chi connectivity index (χ4v) is 1.75. The van der Waals surface area contributed by atoms with Gasteiger partial charge in [-0.25, -0.2) is 4.79 Å². The molecule has 1 heterocycles. The van der Waals surface area contributed by atoms with Crippen molar-refractivity contribution in [2.45, 2.75) is 12.7 Å². The molecule has 9 heteroatoms. The molecule has 0 saturated heterocycles. The summed E-state index contributed by atoms with van der Waals surface area (Å²) < 4.78 is 42.3. The number of carbonyl (C=O) groups is 2. The number of urea groups is 1. The fourth-order valence-electron chi connectivity index (χ4n) is 1.75. The summed E-state index contributed by atoms with van der Waals surface area (Å²) in [4.78, 5) is 23.1. The van der Waals surface area contributed by atoms with E-state index in [1.165, 1.54) is 18.4 Å². The first-order valence-corrected chi connectivity index (χ1v) is 6.86.